The number of ether oxygens (including phenoxy) is 1. The molecule has 1 amide bonds. The molecule has 25 heavy (non-hydrogen) atoms. The first-order valence-corrected chi connectivity index (χ1v) is 8.86. The smallest absolute Gasteiger partial charge is 0.250 e. The number of pyridine rings is 1. The van der Waals surface area contributed by atoms with E-state index >= 15 is 0 Å². The molecule has 0 bridgehead atoms. The SMILES string of the molecule is O=C(CCn1ccccc1=O)Nc1ccc(COC2CCCC2)cc1. The molecule has 0 radical (unpaired) electrons. The Morgan fingerprint density at radius 1 is 1.12 bits per heavy atom. The third kappa shape index (κ3) is 5.29. The van der Waals surface area contributed by atoms with Gasteiger partial charge in [0.25, 0.3) is 5.56 Å². The van der Waals surface area contributed by atoms with E-state index in [1.54, 1.807) is 18.3 Å². The van der Waals surface area contributed by atoms with Crippen molar-refractivity contribution >= 4 is 11.6 Å². The summed E-state index contributed by atoms with van der Waals surface area (Å²) in [5.74, 6) is -0.106. The highest BCUT2D eigenvalue weighted by molar-refractivity contribution is 5.90. The number of hydrogen-bond acceptors (Lipinski definition) is 3. The zero-order chi connectivity index (χ0) is 17.5. The Labute approximate surface area is 147 Å². The van der Waals surface area contributed by atoms with Gasteiger partial charge in [0.15, 0.2) is 0 Å². The average molecular weight is 340 g/mol. The standard InChI is InChI=1S/C20H24N2O3/c23-19(12-14-22-13-4-3-7-20(22)24)21-17-10-8-16(9-11-17)15-25-18-5-1-2-6-18/h3-4,7-11,13,18H,1-2,5-6,12,14-15H2,(H,21,23). The zero-order valence-electron chi connectivity index (χ0n) is 14.3. The number of hydrogen-bond donors (Lipinski definition) is 1. The Kier molecular flexibility index (Phi) is 6.01. The number of amides is 1. The van der Waals surface area contributed by atoms with Crippen molar-refractivity contribution in [2.45, 2.75) is 51.4 Å². The van der Waals surface area contributed by atoms with Gasteiger partial charge in [0, 0.05) is 30.9 Å². The van der Waals surface area contributed by atoms with E-state index in [-0.39, 0.29) is 17.9 Å². The predicted molar refractivity (Wildman–Crippen MR) is 97.4 cm³/mol. The van der Waals surface area contributed by atoms with Crippen LogP contribution in [0.4, 0.5) is 5.69 Å². The Morgan fingerprint density at radius 3 is 2.60 bits per heavy atom. The Balaban J connectivity index is 1.45. The van der Waals surface area contributed by atoms with Crippen LogP contribution in [0, 0.1) is 0 Å². The van der Waals surface area contributed by atoms with Gasteiger partial charge in [-0.3, -0.25) is 9.59 Å². The first-order chi connectivity index (χ1) is 12.2. The fourth-order valence-corrected chi connectivity index (χ4v) is 3.04. The number of benzene rings is 1. The van der Waals surface area contributed by atoms with Crippen molar-refractivity contribution in [2.24, 2.45) is 0 Å². The van der Waals surface area contributed by atoms with Gasteiger partial charge in [-0.25, -0.2) is 0 Å². The second-order valence-electron chi connectivity index (χ2n) is 6.44. The number of carbonyl (C=O) groups excluding carboxylic acids is 1. The monoisotopic (exact) mass is 340 g/mol. The molecule has 2 aromatic rings. The van der Waals surface area contributed by atoms with E-state index in [9.17, 15) is 9.59 Å². The maximum Gasteiger partial charge on any atom is 0.250 e. The largest absolute Gasteiger partial charge is 0.374 e. The lowest BCUT2D eigenvalue weighted by Gasteiger charge is -2.11. The van der Waals surface area contributed by atoms with Gasteiger partial charge < -0.3 is 14.6 Å². The number of carbonyl (C=O) groups is 1. The highest BCUT2D eigenvalue weighted by Gasteiger charge is 2.15. The van der Waals surface area contributed by atoms with Gasteiger partial charge in [-0.15, -0.1) is 0 Å². The van der Waals surface area contributed by atoms with Gasteiger partial charge in [-0.1, -0.05) is 31.0 Å². The topological polar surface area (TPSA) is 60.3 Å². The summed E-state index contributed by atoms with van der Waals surface area (Å²) in [6.45, 7) is 0.995. The molecule has 1 heterocycles. The quantitative estimate of drug-likeness (QED) is 0.841. The molecular weight excluding hydrogens is 316 g/mol. The van der Waals surface area contributed by atoms with Gasteiger partial charge in [0.1, 0.15) is 0 Å². The third-order valence-corrected chi connectivity index (χ3v) is 4.50. The zero-order valence-corrected chi connectivity index (χ0v) is 14.3. The highest BCUT2D eigenvalue weighted by atomic mass is 16.5. The van der Waals surface area contributed by atoms with E-state index in [0.29, 0.717) is 19.3 Å². The minimum Gasteiger partial charge on any atom is -0.374 e. The lowest BCUT2D eigenvalue weighted by molar-refractivity contribution is -0.116. The number of nitrogens with zero attached hydrogens (tertiary/aromatic N) is 1. The molecule has 0 saturated heterocycles. The number of aryl methyl sites for hydroxylation is 1. The first kappa shape index (κ1) is 17.4. The van der Waals surface area contributed by atoms with Crippen LogP contribution in [0.5, 0.6) is 0 Å². The molecule has 3 rings (SSSR count). The molecule has 132 valence electrons. The van der Waals surface area contributed by atoms with E-state index in [0.717, 1.165) is 11.3 Å². The van der Waals surface area contributed by atoms with Crippen molar-refractivity contribution in [2.75, 3.05) is 5.32 Å². The van der Waals surface area contributed by atoms with E-state index in [1.165, 1.54) is 36.3 Å². The van der Waals surface area contributed by atoms with Crippen LogP contribution in [0.1, 0.15) is 37.7 Å². The summed E-state index contributed by atoms with van der Waals surface area (Å²) in [5.41, 5.74) is 1.78. The third-order valence-electron chi connectivity index (χ3n) is 4.50. The average Bonchev–Trinajstić information content (AvgIpc) is 3.14. The van der Waals surface area contributed by atoms with Crippen LogP contribution < -0.4 is 10.9 Å². The van der Waals surface area contributed by atoms with Crippen molar-refractivity contribution in [3.8, 4) is 0 Å². The van der Waals surface area contributed by atoms with Crippen molar-refractivity contribution in [3.05, 3.63) is 64.6 Å². The summed E-state index contributed by atoms with van der Waals surface area (Å²) in [6, 6.07) is 12.7. The fraction of sp³-hybridized carbons (Fsp3) is 0.400. The second kappa shape index (κ2) is 8.62. The minimum absolute atomic E-state index is 0.0954. The molecule has 1 aliphatic carbocycles. The van der Waals surface area contributed by atoms with Crippen molar-refractivity contribution < 1.29 is 9.53 Å². The number of anilines is 1. The van der Waals surface area contributed by atoms with Crippen LogP contribution in [0.15, 0.2) is 53.5 Å². The summed E-state index contributed by atoms with van der Waals surface area (Å²) >= 11 is 0. The predicted octanol–water partition coefficient (Wildman–Crippen LogP) is 3.34. The molecule has 0 unspecified atom stereocenters. The molecule has 0 atom stereocenters. The van der Waals surface area contributed by atoms with Crippen LogP contribution in [0.3, 0.4) is 0 Å². The molecule has 1 aromatic heterocycles. The molecule has 1 saturated carbocycles. The summed E-state index contributed by atoms with van der Waals surface area (Å²) in [5, 5.41) is 2.86. The molecular formula is C20H24N2O3. The Morgan fingerprint density at radius 2 is 1.88 bits per heavy atom. The molecule has 0 spiro atoms. The normalized spacial score (nSPS) is 14.6. The highest BCUT2D eigenvalue weighted by Crippen LogP contribution is 2.22. The summed E-state index contributed by atoms with van der Waals surface area (Å²) in [4.78, 5) is 23.6. The van der Waals surface area contributed by atoms with Crippen molar-refractivity contribution in [3.63, 3.8) is 0 Å². The van der Waals surface area contributed by atoms with Crippen LogP contribution in [0.2, 0.25) is 0 Å². The maximum atomic E-state index is 12.0. The van der Waals surface area contributed by atoms with Gasteiger partial charge >= 0.3 is 0 Å². The lowest BCUT2D eigenvalue weighted by atomic mass is 10.2. The first-order valence-electron chi connectivity index (χ1n) is 8.86. The molecule has 0 aliphatic heterocycles. The Hall–Kier alpha value is -2.40. The minimum atomic E-state index is -0.106. The molecule has 1 aromatic carbocycles. The van der Waals surface area contributed by atoms with E-state index in [2.05, 4.69) is 5.32 Å². The van der Waals surface area contributed by atoms with E-state index < -0.39 is 0 Å². The van der Waals surface area contributed by atoms with Crippen molar-refractivity contribution in [1.29, 1.82) is 0 Å². The summed E-state index contributed by atoms with van der Waals surface area (Å²) < 4.78 is 7.42. The van der Waals surface area contributed by atoms with Crippen molar-refractivity contribution in [1.82, 2.24) is 4.57 Å². The second-order valence-corrected chi connectivity index (χ2v) is 6.44. The van der Waals surface area contributed by atoms with Gasteiger partial charge in [-0.05, 0) is 36.6 Å². The van der Waals surface area contributed by atoms with Gasteiger partial charge in [0.2, 0.25) is 5.91 Å². The van der Waals surface area contributed by atoms with E-state index in [1.807, 2.05) is 24.3 Å². The number of aromatic nitrogens is 1. The summed E-state index contributed by atoms with van der Waals surface area (Å²) in [6.07, 6.45) is 7.22. The number of rotatable bonds is 7. The lowest BCUT2D eigenvalue weighted by Crippen LogP contribution is -2.21. The summed E-state index contributed by atoms with van der Waals surface area (Å²) in [7, 11) is 0. The van der Waals surface area contributed by atoms with Gasteiger partial charge in [-0.2, -0.15) is 0 Å². The molecule has 5 heteroatoms. The van der Waals surface area contributed by atoms with E-state index in [4.69, 9.17) is 4.74 Å². The van der Waals surface area contributed by atoms with Crippen LogP contribution in [-0.4, -0.2) is 16.6 Å². The van der Waals surface area contributed by atoms with Crippen LogP contribution in [0.25, 0.3) is 0 Å². The maximum absolute atomic E-state index is 12.0. The molecule has 5 nitrogen and oxygen atoms in total. The Bertz CT molecular complexity index is 746. The molecule has 1 fully saturated rings. The molecule has 1 aliphatic rings. The fourth-order valence-electron chi connectivity index (χ4n) is 3.04. The molecule has 1 N–H and O–H groups in total. The van der Waals surface area contributed by atoms with Crippen LogP contribution in [-0.2, 0) is 22.7 Å². The van der Waals surface area contributed by atoms with Crippen LogP contribution >= 0.6 is 0 Å². The number of nitrogens with one attached hydrogen (secondary N) is 1. The van der Waals surface area contributed by atoms with Gasteiger partial charge in [0.05, 0.1) is 12.7 Å².